The molecular formula is C15H17F2NO3S. The standard InChI is InChI=1S/C15H17F2NO3S/c16-10-3-1-4-11(17)13(10)15(5-2-6-15)14(21)18-7-8-22-9-12(19)20/h1,3-4H,2,5-9H2,(H,18,21)(H,19,20). The van der Waals surface area contributed by atoms with E-state index in [0.29, 0.717) is 18.6 Å². The highest BCUT2D eigenvalue weighted by Crippen LogP contribution is 2.45. The molecule has 120 valence electrons. The lowest BCUT2D eigenvalue weighted by atomic mass is 9.63. The molecule has 1 aliphatic rings. The zero-order valence-electron chi connectivity index (χ0n) is 11.9. The number of hydrogen-bond acceptors (Lipinski definition) is 3. The number of nitrogens with one attached hydrogen (secondary N) is 1. The van der Waals surface area contributed by atoms with Crippen LogP contribution in [-0.4, -0.2) is 35.0 Å². The summed E-state index contributed by atoms with van der Waals surface area (Å²) in [5, 5.41) is 11.2. The number of halogens is 2. The summed E-state index contributed by atoms with van der Waals surface area (Å²) in [4.78, 5) is 22.8. The van der Waals surface area contributed by atoms with Gasteiger partial charge in [-0.1, -0.05) is 12.5 Å². The smallest absolute Gasteiger partial charge is 0.313 e. The number of aliphatic carboxylic acids is 1. The molecule has 22 heavy (non-hydrogen) atoms. The Morgan fingerprint density at radius 1 is 1.27 bits per heavy atom. The van der Waals surface area contributed by atoms with Gasteiger partial charge in [-0.2, -0.15) is 0 Å². The molecule has 4 nitrogen and oxygen atoms in total. The first-order chi connectivity index (χ1) is 10.5. The van der Waals surface area contributed by atoms with Gasteiger partial charge in [0.25, 0.3) is 0 Å². The van der Waals surface area contributed by atoms with Crippen molar-refractivity contribution in [2.75, 3.05) is 18.1 Å². The van der Waals surface area contributed by atoms with Crippen LogP contribution in [0.25, 0.3) is 0 Å². The van der Waals surface area contributed by atoms with Gasteiger partial charge < -0.3 is 10.4 Å². The highest BCUT2D eigenvalue weighted by Gasteiger charge is 2.48. The molecule has 0 aliphatic heterocycles. The summed E-state index contributed by atoms with van der Waals surface area (Å²) < 4.78 is 27.9. The second kappa shape index (κ2) is 7.09. The molecule has 0 atom stereocenters. The third-order valence-electron chi connectivity index (χ3n) is 3.84. The van der Waals surface area contributed by atoms with E-state index in [0.717, 1.165) is 18.6 Å². The van der Waals surface area contributed by atoms with Gasteiger partial charge in [-0.05, 0) is 25.0 Å². The molecule has 7 heteroatoms. The first kappa shape index (κ1) is 16.7. The Morgan fingerprint density at radius 3 is 2.41 bits per heavy atom. The van der Waals surface area contributed by atoms with Crippen molar-refractivity contribution in [3.05, 3.63) is 35.4 Å². The van der Waals surface area contributed by atoms with Crippen LogP contribution >= 0.6 is 11.8 Å². The zero-order valence-corrected chi connectivity index (χ0v) is 12.7. The van der Waals surface area contributed by atoms with Crippen LogP contribution in [0.2, 0.25) is 0 Å². The van der Waals surface area contributed by atoms with E-state index in [1.807, 2.05) is 0 Å². The lowest BCUT2D eigenvalue weighted by Crippen LogP contribution is -2.50. The van der Waals surface area contributed by atoms with Crippen LogP contribution in [0.5, 0.6) is 0 Å². The number of carbonyl (C=O) groups is 2. The number of thioether (sulfide) groups is 1. The molecule has 2 N–H and O–H groups in total. The van der Waals surface area contributed by atoms with Crippen molar-refractivity contribution in [1.82, 2.24) is 5.32 Å². The minimum atomic E-state index is -1.13. The minimum absolute atomic E-state index is 0.0387. The summed E-state index contributed by atoms with van der Waals surface area (Å²) in [6.45, 7) is 0.272. The van der Waals surface area contributed by atoms with Gasteiger partial charge in [0.15, 0.2) is 0 Å². The number of benzene rings is 1. The highest BCUT2D eigenvalue weighted by molar-refractivity contribution is 7.99. The van der Waals surface area contributed by atoms with Crippen molar-refractivity contribution < 1.29 is 23.5 Å². The van der Waals surface area contributed by atoms with E-state index in [9.17, 15) is 18.4 Å². The summed E-state index contributed by atoms with van der Waals surface area (Å²) >= 11 is 1.18. The van der Waals surface area contributed by atoms with Crippen LogP contribution in [0.4, 0.5) is 8.78 Å². The van der Waals surface area contributed by atoms with Crippen molar-refractivity contribution in [2.24, 2.45) is 0 Å². The number of hydrogen-bond donors (Lipinski definition) is 2. The molecule has 0 radical (unpaired) electrons. The van der Waals surface area contributed by atoms with Crippen molar-refractivity contribution in [3.8, 4) is 0 Å². The summed E-state index contributed by atoms with van der Waals surface area (Å²) in [6, 6.07) is 3.60. The molecule has 1 saturated carbocycles. The molecule has 1 aromatic carbocycles. The Balaban J connectivity index is 2.01. The Labute approximate surface area is 131 Å². The second-order valence-electron chi connectivity index (χ2n) is 5.23. The number of rotatable bonds is 7. The lowest BCUT2D eigenvalue weighted by molar-refractivity contribution is -0.134. The topological polar surface area (TPSA) is 66.4 Å². The maximum Gasteiger partial charge on any atom is 0.313 e. The van der Waals surface area contributed by atoms with Crippen LogP contribution in [0.3, 0.4) is 0 Å². The Kier molecular flexibility index (Phi) is 5.39. The van der Waals surface area contributed by atoms with Gasteiger partial charge in [-0.25, -0.2) is 8.78 Å². The Bertz CT molecular complexity index is 556. The quantitative estimate of drug-likeness (QED) is 0.754. The molecule has 0 aromatic heterocycles. The number of carbonyl (C=O) groups excluding carboxylic acids is 1. The molecule has 1 aliphatic carbocycles. The predicted molar refractivity (Wildman–Crippen MR) is 79.9 cm³/mol. The summed E-state index contributed by atoms with van der Waals surface area (Å²) in [5.74, 6) is -2.30. The molecule has 0 spiro atoms. The van der Waals surface area contributed by atoms with Crippen LogP contribution in [-0.2, 0) is 15.0 Å². The third kappa shape index (κ3) is 3.40. The maximum atomic E-state index is 14.0. The van der Waals surface area contributed by atoms with E-state index in [1.54, 1.807) is 0 Å². The molecule has 0 bridgehead atoms. The largest absolute Gasteiger partial charge is 0.481 e. The molecule has 1 aromatic rings. The zero-order chi connectivity index (χ0) is 16.2. The van der Waals surface area contributed by atoms with E-state index >= 15 is 0 Å². The monoisotopic (exact) mass is 329 g/mol. The van der Waals surface area contributed by atoms with Crippen molar-refractivity contribution in [3.63, 3.8) is 0 Å². The van der Waals surface area contributed by atoms with E-state index in [4.69, 9.17) is 5.11 Å². The van der Waals surface area contributed by atoms with Crippen molar-refractivity contribution in [1.29, 1.82) is 0 Å². The summed E-state index contributed by atoms with van der Waals surface area (Å²) in [6.07, 6.45) is 1.58. The number of amides is 1. The predicted octanol–water partition coefficient (Wildman–Crippen LogP) is 2.32. The molecule has 0 heterocycles. The molecule has 0 unspecified atom stereocenters. The SMILES string of the molecule is O=C(O)CSCCNC(=O)C1(c2c(F)cccc2F)CCC1. The minimum Gasteiger partial charge on any atom is -0.481 e. The highest BCUT2D eigenvalue weighted by atomic mass is 32.2. The fourth-order valence-electron chi connectivity index (χ4n) is 2.64. The third-order valence-corrected chi connectivity index (χ3v) is 4.78. The average molecular weight is 329 g/mol. The van der Waals surface area contributed by atoms with E-state index in [1.165, 1.54) is 17.8 Å². The molecule has 0 saturated heterocycles. The van der Waals surface area contributed by atoms with Gasteiger partial charge in [0.05, 0.1) is 11.2 Å². The number of carboxylic acid groups (broad SMARTS) is 1. The molecular weight excluding hydrogens is 312 g/mol. The van der Waals surface area contributed by atoms with Crippen LogP contribution in [0.1, 0.15) is 24.8 Å². The van der Waals surface area contributed by atoms with Gasteiger partial charge in [-0.3, -0.25) is 9.59 Å². The lowest BCUT2D eigenvalue weighted by Gasteiger charge is -2.40. The van der Waals surface area contributed by atoms with Crippen LogP contribution < -0.4 is 5.32 Å². The van der Waals surface area contributed by atoms with Crippen molar-refractivity contribution >= 4 is 23.6 Å². The van der Waals surface area contributed by atoms with Gasteiger partial charge in [0.1, 0.15) is 11.6 Å². The fraction of sp³-hybridized carbons (Fsp3) is 0.467. The molecule has 1 amide bonds. The normalized spacial score (nSPS) is 15.9. The van der Waals surface area contributed by atoms with Crippen LogP contribution in [0.15, 0.2) is 18.2 Å². The molecule has 2 rings (SSSR count). The summed E-state index contributed by atoms with van der Waals surface area (Å²) in [5.41, 5.74) is -1.29. The van der Waals surface area contributed by atoms with Crippen molar-refractivity contribution in [2.45, 2.75) is 24.7 Å². The average Bonchev–Trinajstić information content (AvgIpc) is 2.40. The van der Waals surface area contributed by atoms with Gasteiger partial charge in [0.2, 0.25) is 5.91 Å². The first-order valence-corrected chi connectivity index (χ1v) is 8.15. The van der Waals surface area contributed by atoms with E-state index < -0.39 is 28.9 Å². The van der Waals surface area contributed by atoms with Gasteiger partial charge in [-0.15, -0.1) is 11.8 Å². The Hall–Kier alpha value is -1.63. The van der Waals surface area contributed by atoms with E-state index in [-0.39, 0.29) is 17.9 Å². The van der Waals surface area contributed by atoms with Gasteiger partial charge >= 0.3 is 5.97 Å². The van der Waals surface area contributed by atoms with E-state index in [2.05, 4.69) is 5.32 Å². The summed E-state index contributed by atoms with van der Waals surface area (Å²) in [7, 11) is 0. The maximum absolute atomic E-state index is 14.0. The second-order valence-corrected chi connectivity index (χ2v) is 6.34. The van der Waals surface area contributed by atoms with Gasteiger partial charge in [0, 0.05) is 17.9 Å². The molecule has 1 fully saturated rings. The Morgan fingerprint density at radius 2 is 1.91 bits per heavy atom. The van der Waals surface area contributed by atoms with Crippen LogP contribution in [0, 0.1) is 11.6 Å². The number of carboxylic acids is 1. The first-order valence-electron chi connectivity index (χ1n) is 7.00. The fourth-order valence-corrected chi connectivity index (χ4v) is 3.21.